The van der Waals surface area contributed by atoms with Crippen LogP contribution in [0.25, 0.3) is 0 Å². The first-order valence-electron chi connectivity index (χ1n) is 6.35. The van der Waals surface area contributed by atoms with E-state index in [2.05, 4.69) is 25.7 Å². The average molecular weight is 305 g/mol. The Balaban J connectivity index is 1.65. The van der Waals surface area contributed by atoms with Gasteiger partial charge in [0, 0.05) is 39.3 Å². The summed E-state index contributed by atoms with van der Waals surface area (Å²) >= 11 is 3.37. The summed E-state index contributed by atoms with van der Waals surface area (Å²) in [6.45, 7) is 6.43. The van der Waals surface area contributed by atoms with Crippen molar-refractivity contribution in [2.24, 2.45) is 5.92 Å². The van der Waals surface area contributed by atoms with Crippen LogP contribution >= 0.6 is 15.9 Å². The SMILES string of the molecule is COC(=O)C(Br)CN1CCN(CC2CC2)CC1. The third kappa shape index (κ3) is 4.23. The number of nitrogens with zero attached hydrogens (tertiary/aromatic N) is 2. The molecule has 2 rings (SSSR count). The Kier molecular flexibility index (Phi) is 4.82. The Hall–Kier alpha value is -0.130. The fraction of sp³-hybridized carbons (Fsp3) is 0.917. The van der Waals surface area contributed by atoms with Gasteiger partial charge in [-0.25, -0.2) is 0 Å². The lowest BCUT2D eigenvalue weighted by atomic mass is 10.2. The van der Waals surface area contributed by atoms with E-state index in [1.165, 1.54) is 26.5 Å². The third-order valence-corrected chi connectivity index (χ3v) is 4.22. The van der Waals surface area contributed by atoms with Crippen molar-refractivity contribution in [1.82, 2.24) is 9.80 Å². The molecule has 4 nitrogen and oxygen atoms in total. The molecule has 1 saturated carbocycles. The van der Waals surface area contributed by atoms with Crippen LogP contribution in [0.15, 0.2) is 0 Å². The summed E-state index contributed by atoms with van der Waals surface area (Å²) in [7, 11) is 1.43. The minimum atomic E-state index is -0.192. The van der Waals surface area contributed by atoms with Crippen molar-refractivity contribution in [3.63, 3.8) is 0 Å². The Morgan fingerprint density at radius 2 is 1.88 bits per heavy atom. The van der Waals surface area contributed by atoms with E-state index in [1.807, 2.05) is 0 Å². The maximum Gasteiger partial charge on any atom is 0.320 e. The number of rotatable bonds is 5. The fourth-order valence-electron chi connectivity index (χ4n) is 2.25. The molecule has 2 aliphatic rings. The van der Waals surface area contributed by atoms with Crippen molar-refractivity contribution in [2.75, 3.05) is 46.4 Å². The van der Waals surface area contributed by atoms with Crippen LogP contribution in [0.5, 0.6) is 0 Å². The number of methoxy groups -OCH3 is 1. The number of carbonyl (C=O) groups is 1. The second-order valence-corrected chi connectivity index (χ2v) is 6.14. The molecule has 1 atom stereocenters. The van der Waals surface area contributed by atoms with Crippen LogP contribution in [0.3, 0.4) is 0 Å². The van der Waals surface area contributed by atoms with Gasteiger partial charge < -0.3 is 9.64 Å². The molecule has 17 heavy (non-hydrogen) atoms. The van der Waals surface area contributed by atoms with Gasteiger partial charge in [0.05, 0.1) is 7.11 Å². The highest BCUT2D eigenvalue weighted by atomic mass is 79.9. The molecule has 0 amide bonds. The monoisotopic (exact) mass is 304 g/mol. The predicted molar refractivity (Wildman–Crippen MR) is 70.3 cm³/mol. The first kappa shape index (κ1) is 13.3. The van der Waals surface area contributed by atoms with E-state index in [1.54, 1.807) is 0 Å². The summed E-state index contributed by atoms with van der Waals surface area (Å²) in [6.07, 6.45) is 2.85. The standard InChI is InChI=1S/C12H21BrN2O2/c1-17-12(16)11(13)9-15-6-4-14(5-7-15)8-10-2-3-10/h10-11H,2-9H2,1H3. The molecule has 98 valence electrons. The molecule has 1 heterocycles. The lowest BCUT2D eigenvalue weighted by molar-refractivity contribution is -0.140. The Bertz CT molecular complexity index is 263. The number of carbonyl (C=O) groups excluding carboxylic acids is 1. The van der Waals surface area contributed by atoms with Gasteiger partial charge in [-0.3, -0.25) is 9.69 Å². The maximum absolute atomic E-state index is 11.3. The smallest absolute Gasteiger partial charge is 0.320 e. The van der Waals surface area contributed by atoms with Gasteiger partial charge in [-0.2, -0.15) is 0 Å². The van der Waals surface area contributed by atoms with Gasteiger partial charge >= 0.3 is 5.97 Å². The molecule has 1 aliphatic heterocycles. The van der Waals surface area contributed by atoms with Crippen LogP contribution < -0.4 is 0 Å². The number of halogens is 1. The lowest BCUT2D eigenvalue weighted by Crippen LogP contribution is -2.49. The van der Waals surface area contributed by atoms with Gasteiger partial charge in [0.25, 0.3) is 0 Å². The van der Waals surface area contributed by atoms with Gasteiger partial charge in [-0.15, -0.1) is 0 Å². The summed E-state index contributed by atoms with van der Waals surface area (Å²) in [5.74, 6) is 0.797. The van der Waals surface area contributed by atoms with Gasteiger partial charge in [0.2, 0.25) is 0 Å². The summed E-state index contributed by atoms with van der Waals surface area (Å²) in [6, 6.07) is 0. The highest BCUT2D eigenvalue weighted by molar-refractivity contribution is 9.10. The van der Waals surface area contributed by atoms with Gasteiger partial charge in [-0.1, -0.05) is 15.9 Å². The first-order chi connectivity index (χ1) is 8.19. The van der Waals surface area contributed by atoms with Crippen LogP contribution in [0, 0.1) is 5.92 Å². The molecule has 5 heteroatoms. The number of esters is 1. The minimum Gasteiger partial charge on any atom is -0.468 e. The van der Waals surface area contributed by atoms with Crippen LogP contribution in [0.4, 0.5) is 0 Å². The molecule has 0 aromatic heterocycles. The number of alkyl halides is 1. The van der Waals surface area contributed by atoms with Crippen molar-refractivity contribution in [2.45, 2.75) is 17.7 Å². The number of hydrogen-bond acceptors (Lipinski definition) is 4. The molecular formula is C12H21BrN2O2. The molecule has 0 N–H and O–H groups in total. The molecule has 0 bridgehead atoms. The molecule has 1 saturated heterocycles. The van der Waals surface area contributed by atoms with Crippen LogP contribution in [0.2, 0.25) is 0 Å². The lowest BCUT2D eigenvalue weighted by Gasteiger charge is -2.35. The quantitative estimate of drug-likeness (QED) is 0.559. The van der Waals surface area contributed by atoms with E-state index in [4.69, 9.17) is 4.74 Å². The van der Waals surface area contributed by atoms with Gasteiger partial charge in [-0.05, 0) is 18.8 Å². The van der Waals surface area contributed by atoms with E-state index in [0.717, 1.165) is 38.6 Å². The maximum atomic E-state index is 11.3. The van der Waals surface area contributed by atoms with E-state index in [0.29, 0.717) is 0 Å². The highest BCUT2D eigenvalue weighted by Gasteiger charge is 2.27. The Labute approximate surface area is 111 Å². The van der Waals surface area contributed by atoms with Crippen molar-refractivity contribution in [1.29, 1.82) is 0 Å². The highest BCUT2D eigenvalue weighted by Crippen LogP contribution is 2.29. The van der Waals surface area contributed by atoms with Gasteiger partial charge in [0.1, 0.15) is 4.83 Å². The van der Waals surface area contributed by atoms with Crippen molar-refractivity contribution in [3.8, 4) is 0 Å². The third-order valence-electron chi connectivity index (χ3n) is 3.55. The van der Waals surface area contributed by atoms with E-state index in [9.17, 15) is 4.79 Å². The zero-order valence-electron chi connectivity index (χ0n) is 10.4. The zero-order valence-corrected chi connectivity index (χ0v) is 12.0. The summed E-state index contributed by atoms with van der Waals surface area (Å²) in [5, 5.41) is 0. The topological polar surface area (TPSA) is 32.8 Å². The van der Waals surface area contributed by atoms with E-state index < -0.39 is 0 Å². The molecule has 0 aromatic rings. The van der Waals surface area contributed by atoms with Crippen LogP contribution in [0.1, 0.15) is 12.8 Å². The van der Waals surface area contributed by atoms with Crippen molar-refractivity contribution >= 4 is 21.9 Å². The average Bonchev–Trinajstić information content (AvgIpc) is 3.14. The number of hydrogen-bond donors (Lipinski definition) is 0. The first-order valence-corrected chi connectivity index (χ1v) is 7.27. The summed E-state index contributed by atoms with van der Waals surface area (Å²) in [5.41, 5.74) is 0. The van der Waals surface area contributed by atoms with Crippen molar-refractivity contribution < 1.29 is 9.53 Å². The molecular weight excluding hydrogens is 284 g/mol. The summed E-state index contributed by atoms with van der Waals surface area (Å²) < 4.78 is 4.71. The van der Waals surface area contributed by atoms with Crippen LogP contribution in [-0.2, 0) is 9.53 Å². The molecule has 0 aromatic carbocycles. The van der Waals surface area contributed by atoms with E-state index >= 15 is 0 Å². The van der Waals surface area contributed by atoms with Crippen molar-refractivity contribution in [3.05, 3.63) is 0 Å². The van der Waals surface area contributed by atoms with Gasteiger partial charge in [0.15, 0.2) is 0 Å². The summed E-state index contributed by atoms with van der Waals surface area (Å²) in [4.78, 5) is 16.0. The van der Waals surface area contributed by atoms with Crippen LogP contribution in [-0.4, -0.2) is 67.0 Å². The Morgan fingerprint density at radius 1 is 1.29 bits per heavy atom. The second-order valence-electron chi connectivity index (χ2n) is 5.04. The normalized spacial score (nSPS) is 24.6. The molecule has 2 fully saturated rings. The molecule has 1 aliphatic carbocycles. The fourth-order valence-corrected chi connectivity index (χ4v) is 2.85. The molecule has 0 radical (unpaired) electrons. The number of ether oxygens (including phenoxy) is 1. The largest absolute Gasteiger partial charge is 0.468 e. The second kappa shape index (κ2) is 6.16. The number of piperazine rings is 1. The van der Waals surface area contributed by atoms with E-state index in [-0.39, 0.29) is 10.8 Å². The predicted octanol–water partition coefficient (Wildman–Crippen LogP) is 0.950. The molecule has 1 unspecified atom stereocenters. The zero-order chi connectivity index (χ0) is 12.3. The molecule has 0 spiro atoms. The minimum absolute atomic E-state index is 0.176. The Morgan fingerprint density at radius 3 is 2.41 bits per heavy atom.